The molecular weight excluding hydrogens is 214 g/mol. The molecule has 1 heterocycles. The normalized spacial score (nSPS) is 13.1. The van der Waals surface area contributed by atoms with E-state index in [1.165, 1.54) is 0 Å². The van der Waals surface area contributed by atoms with E-state index in [-0.39, 0.29) is 6.10 Å². The van der Waals surface area contributed by atoms with E-state index in [2.05, 4.69) is 23.0 Å². The summed E-state index contributed by atoms with van der Waals surface area (Å²) >= 11 is 0. The second-order valence-corrected chi connectivity index (χ2v) is 4.32. The van der Waals surface area contributed by atoms with Crippen LogP contribution in [0.5, 0.6) is 0 Å². The Morgan fingerprint density at radius 2 is 2.29 bits per heavy atom. The molecule has 92 valence electrons. The summed E-state index contributed by atoms with van der Waals surface area (Å²) < 4.78 is 5.22. The number of aryl methyl sites for hydroxylation is 1. The van der Waals surface area contributed by atoms with Crippen LogP contribution in [0.25, 0.3) is 11.0 Å². The van der Waals surface area contributed by atoms with Crippen LogP contribution in [0.15, 0.2) is 18.2 Å². The molecule has 4 heteroatoms. The summed E-state index contributed by atoms with van der Waals surface area (Å²) in [6.07, 6.45) is 2.14. The van der Waals surface area contributed by atoms with Crippen molar-refractivity contribution in [3.05, 3.63) is 29.6 Å². The highest BCUT2D eigenvalue weighted by atomic mass is 16.5. The van der Waals surface area contributed by atoms with E-state index in [4.69, 9.17) is 10.5 Å². The fraction of sp³-hybridized carbons (Fsp3) is 0.462. The van der Waals surface area contributed by atoms with Crippen molar-refractivity contribution >= 4 is 11.0 Å². The topological polar surface area (TPSA) is 63.9 Å². The molecule has 17 heavy (non-hydrogen) atoms. The highest BCUT2D eigenvalue weighted by Crippen LogP contribution is 2.15. The zero-order chi connectivity index (χ0) is 12.3. The molecule has 3 N–H and O–H groups in total. The molecule has 0 amide bonds. The van der Waals surface area contributed by atoms with Crippen molar-refractivity contribution in [1.82, 2.24) is 9.97 Å². The number of H-pyrrole nitrogens is 1. The van der Waals surface area contributed by atoms with E-state index in [1.807, 2.05) is 12.1 Å². The van der Waals surface area contributed by atoms with Gasteiger partial charge in [0, 0.05) is 20.1 Å². The zero-order valence-corrected chi connectivity index (χ0v) is 10.4. The minimum absolute atomic E-state index is 0.266. The standard InChI is InChI=1S/C13H19N3O/c1-9(17-2)3-6-13-15-11-5-4-10(8-14)7-12(11)16-13/h4-5,7,9H,3,6,8,14H2,1-2H3,(H,15,16). The predicted octanol–water partition coefficient (Wildman–Crippen LogP) is 1.99. The van der Waals surface area contributed by atoms with Gasteiger partial charge >= 0.3 is 0 Å². The van der Waals surface area contributed by atoms with Crippen LogP contribution < -0.4 is 5.73 Å². The number of nitrogens with one attached hydrogen (secondary N) is 1. The van der Waals surface area contributed by atoms with Crippen LogP contribution in [0.4, 0.5) is 0 Å². The number of nitrogens with zero attached hydrogens (tertiary/aromatic N) is 1. The third kappa shape index (κ3) is 2.84. The van der Waals surface area contributed by atoms with Crippen molar-refractivity contribution in [2.45, 2.75) is 32.4 Å². The molecule has 0 saturated heterocycles. The van der Waals surface area contributed by atoms with Gasteiger partial charge in [0.1, 0.15) is 5.82 Å². The monoisotopic (exact) mass is 233 g/mol. The first-order chi connectivity index (χ1) is 8.22. The summed E-state index contributed by atoms with van der Waals surface area (Å²) in [6, 6.07) is 6.09. The lowest BCUT2D eigenvalue weighted by Crippen LogP contribution is -2.06. The SMILES string of the molecule is COC(C)CCc1nc2ccc(CN)cc2[nH]1. The molecule has 0 bridgehead atoms. The van der Waals surface area contributed by atoms with Crippen LogP contribution in [-0.2, 0) is 17.7 Å². The van der Waals surface area contributed by atoms with Gasteiger partial charge < -0.3 is 15.5 Å². The molecular formula is C13H19N3O. The van der Waals surface area contributed by atoms with Gasteiger partial charge in [-0.3, -0.25) is 0 Å². The van der Waals surface area contributed by atoms with E-state index in [0.717, 1.165) is 35.3 Å². The average Bonchev–Trinajstić information content (AvgIpc) is 2.77. The maximum atomic E-state index is 5.61. The Morgan fingerprint density at radius 3 is 3.00 bits per heavy atom. The van der Waals surface area contributed by atoms with Gasteiger partial charge in [-0.1, -0.05) is 6.07 Å². The molecule has 2 rings (SSSR count). The third-order valence-electron chi connectivity index (χ3n) is 3.02. The number of rotatable bonds is 5. The van der Waals surface area contributed by atoms with Gasteiger partial charge in [-0.25, -0.2) is 4.98 Å². The number of aromatic amines is 1. The van der Waals surface area contributed by atoms with E-state index in [0.29, 0.717) is 6.54 Å². The first-order valence-corrected chi connectivity index (χ1v) is 5.93. The molecule has 1 aromatic carbocycles. The summed E-state index contributed by atoms with van der Waals surface area (Å²) in [5.74, 6) is 1.01. The molecule has 0 aliphatic carbocycles. The van der Waals surface area contributed by atoms with Crippen molar-refractivity contribution in [1.29, 1.82) is 0 Å². The van der Waals surface area contributed by atoms with Crippen LogP contribution in [0.1, 0.15) is 24.7 Å². The maximum absolute atomic E-state index is 5.61. The Hall–Kier alpha value is -1.39. The van der Waals surface area contributed by atoms with Gasteiger partial charge in [-0.05, 0) is 31.0 Å². The maximum Gasteiger partial charge on any atom is 0.107 e. The summed E-state index contributed by atoms with van der Waals surface area (Å²) in [4.78, 5) is 7.87. The Balaban J connectivity index is 2.14. The van der Waals surface area contributed by atoms with Crippen LogP contribution >= 0.6 is 0 Å². The van der Waals surface area contributed by atoms with Crippen molar-refractivity contribution in [2.75, 3.05) is 7.11 Å². The van der Waals surface area contributed by atoms with Crippen LogP contribution in [0, 0.1) is 0 Å². The number of aromatic nitrogens is 2. The van der Waals surface area contributed by atoms with Crippen LogP contribution in [-0.4, -0.2) is 23.2 Å². The minimum Gasteiger partial charge on any atom is -0.382 e. The molecule has 0 fully saturated rings. The zero-order valence-electron chi connectivity index (χ0n) is 10.4. The minimum atomic E-state index is 0.266. The highest BCUT2D eigenvalue weighted by Gasteiger charge is 2.05. The molecule has 1 unspecified atom stereocenters. The van der Waals surface area contributed by atoms with E-state index in [1.54, 1.807) is 7.11 Å². The number of hydrogen-bond donors (Lipinski definition) is 2. The Bertz CT molecular complexity index is 492. The summed E-state index contributed by atoms with van der Waals surface area (Å²) in [5, 5.41) is 0. The summed E-state index contributed by atoms with van der Waals surface area (Å²) in [5.41, 5.74) is 8.80. The number of methoxy groups -OCH3 is 1. The Kier molecular flexibility index (Phi) is 3.76. The first-order valence-electron chi connectivity index (χ1n) is 5.93. The van der Waals surface area contributed by atoms with Crippen LogP contribution in [0.3, 0.4) is 0 Å². The molecule has 2 aromatic rings. The van der Waals surface area contributed by atoms with Crippen molar-refractivity contribution in [3.8, 4) is 0 Å². The van der Waals surface area contributed by atoms with Gasteiger partial charge in [0.05, 0.1) is 17.1 Å². The lowest BCUT2D eigenvalue weighted by Gasteiger charge is -2.06. The number of imidazole rings is 1. The van der Waals surface area contributed by atoms with Gasteiger partial charge in [0.25, 0.3) is 0 Å². The molecule has 1 atom stereocenters. The molecule has 0 radical (unpaired) electrons. The Labute approximate surface area is 101 Å². The first kappa shape index (κ1) is 12.1. The number of hydrogen-bond acceptors (Lipinski definition) is 3. The van der Waals surface area contributed by atoms with Gasteiger partial charge in [0.15, 0.2) is 0 Å². The number of fused-ring (bicyclic) bond motifs is 1. The lowest BCUT2D eigenvalue weighted by atomic mass is 10.2. The average molecular weight is 233 g/mol. The largest absolute Gasteiger partial charge is 0.382 e. The van der Waals surface area contributed by atoms with Gasteiger partial charge in [-0.2, -0.15) is 0 Å². The quantitative estimate of drug-likeness (QED) is 0.830. The second kappa shape index (κ2) is 5.29. The number of benzene rings is 1. The second-order valence-electron chi connectivity index (χ2n) is 4.32. The molecule has 0 spiro atoms. The molecule has 1 aromatic heterocycles. The summed E-state index contributed by atoms with van der Waals surface area (Å²) in [7, 11) is 1.73. The smallest absolute Gasteiger partial charge is 0.107 e. The van der Waals surface area contributed by atoms with E-state index >= 15 is 0 Å². The van der Waals surface area contributed by atoms with Gasteiger partial charge in [0.2, 0.25) is 0 Å². The molecule has 4 nitrogen and oxygen atoms in total. The van der Waals surface area contributed by atoms with Gasteiger partial charge in [-0.15, -0.1) is 0 Å². The third-order valence-corrected chi connectivity index (χ3v) is 3.02. The molecule has 0 aliphatic heterocycles. The fourth-order valence-corrected chi connectivity index (χ4v) is 1.81. The number of ether oxygens (including phenoxy) is 1. The summed E-state index contributed by atoms with van der Waals surface area (Å²) in [6.45, 7) is 2.63. The fourth-order valence-electron chi connectivity index (χ4n) is 1.81. The molecule has 0 aliphatic rings. The van der Waals surface area contributed by atoms with Crippen LogP contribution in [0.2, 0.25) is 0 Å². The van der Waals surface area contributed by atoms with Crippen molar-refractivity contribution in [2.24, 2.45) is 5.73 Å². The van der Waals surface area contributed by atoms with Crippen molar-refractivity contribution < 1.29 is 4.74 Å². The van der Waals surface area contributed by atoms with Crippen molar-refractivity contribution in [3.63, 3.8) is 0 Å². The van der Waals surface area contributed by atoms with E-state index in [9.17, 15) is 0 Å². The molecule has 0 saturated carbocycles. The Morgan fingerprint density at radius 1 is 1.47 bits per heavy atom. The predicted molar refractivity (Wildman–Crippen MR) is 68.8 cm³/mol. The lowest BCUT2D eigenvalue weighted by molar-refractivity contribution is 0.111. The van der Waals surface area contributed by atoms with E-state index < -0.39 is 0 Å². The highest BCUT2D eigenvalue weighted by molar-refractivity contribution is 5.75. The number of nitrogens with two attached hydrogens (primary N) is 1.